The van der Waals surface area contributed by atoms with Gasteiger partial charge in [0.25, 0.3) is 5.01 Å². The standard InChI is InChI=1S/C20H18N2O4S3/c1-26-16-12-17-19(20-15(16)7-10-27-20)22(9-3-11-29(23,24)25)18(28-17)6-5-14-4-2-8-21-13-14/h2,4-8,10,12-13H,3,9,11H2,1H3. The van der Waals surface area contributed by atoms with Gasteiger partial charge in [-0.15, -0.1) is 11.3 Å². The first-order valence-electron chi connectivity index (χ1n) is 8.88. The van der Waals surface area contributed by atoms with Gasteiger partial charge in [0.2, 0.25) is 5.52 Å². The van der Waals surface area contributed by atoms with Crippen molar-refractivity contribution in [2.75, 3.05) is 12.9 Å². The molecule has 6 nitrogen and oxygen atoms in total. The number of thiophene rings is 1. The summed E-state index contributed by atoms with van der Waals surface area (Å²) in [4.78, 5) is 4.12. The number of nitrogens with zero attached hydrogens (tertiary/aromatic N) is 2. The molecule has 3 heterocycles. The SMILES string of the molecule is COc1cc2sc(/C=C/c3cccnc3)[n+](CCCS(=O)(=O)[O-])c2c2sccc12. The largest absolute Gasteiger partial charge is 0.748 e. The molecule has 0 aliphatic rings. The molecule has 0 radical (unpaired) electrons. The van der Waals surface area contributed by atoms with E-state index < -0.39 is 10.1 Å². The van der Waals surface area contributed by atoms with Crippen LogP contribution in [0.1, 0.15) is 17.0 Å². The second kappa shape index (κ2) is 8.19. The lowest BCUT2D eigenvalue weighted by atomic mass is 10.2. The van der Waals surface area contributed by atoms with Crippen LogP contribution in [0.4, 0.5) is 0 Å². The normalized spacial score (nSPS) is 12.3. The quantitative estimate of drug-likeness (QED) is 0.317. The Balaban J connectivity index is 1.84. The minimum Gasteiger partial charge on any atom is -0.748 e. The molecule has 0 fully saturated rings. The molecule has 0 saturated heterocycles. The van der Waals surface area contributed by atoms with Crippen LogP contribution < -0.4 is 9.30 Å². The van der Waals surface area contributed by atoms with Crippen molar-refractivity contribution in [3.63, 3.8) is 0 Å². The van der Waals surface area contributed by atoms with Crippen molar-refractivity contribution < 1.29 is 22.3 Å². The molecule has 0 amide bonds. The zero-order chi connectivity index (χ0) is 20.4. The summed E-state index contributed by atoms with van der Waals surface area (Å²) in [6.45, 7) is 0.438. The number of hydrogen-bond donors (Lipinski definition) is 0. The molecule has 1 aromatic carbocycles. The smallest absolute Gasteiger partial charge is 0.262 e. The average molecular weight is 447 g/mol. The minimum atomic E-state index is -4.24. The molecule has 29 heavy (non-hydrogen) atoms. The van der Waals surface area contributed by atoms with E-state index in [2.05, 4.69) is 9.55 Å². The van der Waals surface area contributed by atoms with Crippen molar-refractivity contribution in [1.82, 2.24) is 4.98 Å². The number of thiazole rings is 1. The summed E-state index contributed by atoms with van der Waals surface area (Å²) in [7, 11) is -2.59. The average Bonchev–Trinajstić information content (AvgIpc) is 3.30. The Kier molecular flexibility index (Phi) is 5.64. The van der Waals surface area contributed by atoms with E-state index in [0.717, 1.165) is 36.6 Å². The fourth-order valence-corrected chi connectivity index (χ4v) is 5.88. The van der Waals surface area contributed by atoms with Gasteiger partial charge in [-0.05, 0) is 29.2 Å². The molecule has 0 saturated carbocycles. The highest BCUT2D eigenvalue weighted by atomic mass is 32.2. The van der Waals surface area contributed by atoms with Crippen molar-refractivity contribution in [2.45, 2.75) is 13.0 Å². The third-order valence-electron chi connectivity index (χ3n) is 4.49. The van der Waals surface area contributed by atoms with Gasteiger partial charge in [-0.3, -0.25) is 4.98 Å². The highest BCUT2D eigenvalue weighted by Gasteiger charge is 2.24. The zero-order valence-electron chi connectivity index (χ0n) is 15.6. The van der Waals surface area contributed by atoms with Crippen LogP contribution in [0.2, 0.25) is 0 Å². The molecule has 3 aromatic heterocycles. The van der Waals surface area contributed by atoms with Crippen LogP contribution in [0.3, 0.4) is 0 Å². The monoisotopic (exact) mass is 446 g/mol. The van der Waals surface area contributed by atoms with Crippen LogP contribution in [0.5, 0.6) is 5.75 Å². The third kappa shape index (κ3) is 4.32. The van der Waals surface area contributed by atoms with Crippen LogP contribution in [0.25, 0.3) is 32.5 Å². The van der Waals surface area contributed by atoms with Crippen LogP contribution >= 0.6 is 22.7 Å². The Morgan fingerprint density at radius 1 is 1.31 bits per heavy atom. The third-order valence-corrected chi connectivity index (χ3v) is 7.30. The Morgan fingerprint density at radius 3 is 2.90 bits per heavy atom. The van der Waals surface area contributed by atoms with E-state index in [1.54, 1.807) is 42.2 Å². The van der Waals surface area contributed by atoms with Gasteiger partial charge in [0.05, 0.1) is 17.2 Å². The lowest BCUT2D eigenvalue weighted by Gasteiger charge is -2.05. The summed E-state index contributed by atoms with van der Waals surface area (Å²) in [6, 6.07) is 7.87. The van der Waals surface area contributed by atoms with Crippen molar-refractivity contribution in [3.8, 4) is 5.75 Å². The first-order chi connectivity index (χ1) is 14.0. The van der Waals surface area contributed by atoms with Gasteiger partial charge in [-0.2, -0.15) is 4.57 Å². The summed E-state index contributed by atoms with van der Waals surface area (Å²) in [5, 5.41) is 4.01. The topological polar surface area (TPSA) is 83.2 Å². The lowest BCUT2D eigenvalue weighted by Crippen LogP contribution is -2.36. The zero-order valence-corrected chi connectivity index (χ0v) is 18.0. The highest BCUT2D eigenvalue weighted by molar-refractivity contribution is 7.85. The summed E-state index contributed by atoms with van der Waals surface area (Å²) in [5.41, 5.74) is 2.01. The van der Waals surface area contributed by atoms with Gasteiger partial charge in [-0.1, -0.05) is 17.4 Å². The van der Waals surface area contributed by atoms with E-state index in [4.69, 9.17) is 4.74 Å². The maximum atomic E-state index is 11.1. The number of pyridine rings is 1. The van der Waals surface area contributed by atoms with Crippen molar-refractivity contribution in [1.29, 1.82) is 0 Å². The Hall–Kier alpha value is -2.33. The van der Waals surface area contributed by atoms with E-state index >= 15 is 0 Å². The molecule has 0 unspecified atom stereocenters. The van der Waals surface area contributed by atoms with Gasteiger partial charge in [0.15, 0.2) is 6.54 Å². The van der Waals surface area contributed by atoms with E-state index in [-0.39, 0.29) is 12.2 Å². The summed E-state index contributed by atoms with van der Waals surface area (Å²) in [5.74, 6) is 0.430. The molecule has 0 N–H and O–H groups in total. The maximum Gasteiger partial charge on any atom is 0.262 e. The van der Waals surface area contributed by atoms with E-state index in [1.165, 1.54) is 0 Å². The van der Waals surface area contributed by atoms with Gasteiger partial charge < -0.3 is 9.29 Å². The predicted octanol–water partition coefficient (Wildman–Crippen LogP) is 3.91. The first-order valence-corrected chi connectivity index (χ1v) is 12.2. The highest BCUT2D eigenvalue weighted by Crippen LogP contribution is 2.38. The predicted molar refractivity (Wildman–Crippen MR) is 116 cm³/mol. The van der Waals surface area contributed by atoms with Gasteiger partial charge >= 0.3 is 0 Å². The maximum absolute atomic E-state index is 11.1. The number of fused-ring (bicyclic) bond motifs is 3. The van der Waals surface area contributed by atoms with E-state index in [1.807, 2.05) is 41.8 Å². The van der Waals surface area contributed by atoms with Crippen LogP contribution in [-0.2, 0) is 16.7 Å². The van der Waals surface area contributed by atoms with Gasteiger partial charge in [-0.25, -0.2) is 8.42 Å². The van der Waals surface area contributed by atoms with Gasteiger partial charge in [0, 0.05) is 42.1 Å². The van der Waals surface area contributed by atoms with Crippen LogP contribution in [0.15, 0.2) is 42.0 Å². The minimum absolute atomic E-state index is 0.259. The molecule has 9 heteroatoms. The van der Waals surface area contributed by atoms with Gasteiger partial charge in [0.1, 0.15) is 15.1 Å². The van der Waals surface area contributed by atoms with Crippen molar-refractivity contribution in [3.05, 3.63) is 52.6 Å². The lowest BCUT2D eigenvalue weighted by molar-refractivity contribution is -0.667. The molecule has 0 atom stereocenters. The number of ether oxygens (including phenoxy) is 1. The fraction of sp³-hybridized carbons (Fsp3) is 0.200. The van der Waals surface area contributed by atoms with E-state index in [9.17, 15) is 13.0 Å². The number of methoxy groups -OCH3 is 1. The second-order valence-electron chi connectivity index (χ2n) is 6.42. The molecular weight excluding hydrogens is 428 g/mol. The number of benzene rings is 1. The Labute approximate surface area is 176 Å². The first kappa shape index (κ1) is 20.0. The van der Waals surface area contributed by atoms with E-state index in [0.29, 0.717) is 6.54 Å². The van der Waals surface area contributed by atoms with Crippen molar-refractivity contribution >= 4 is 65.2 Å². The summed E-state index contributed by atoms with van der Waals surface area (Å²) >= 11 is 3.22. The summed E-state index contributed by atoms with van der Waals surface area (Å²) in [6.07, 6.45) is 7.73. The molecule has 4 rings (SSSR count). The number of aromatic nitrogens is 2. The van der Waals surface area contributed by atoms with Crippen LogP contribution in [-0.4, -0.2) is 30.8 Å². The Bertz CT molecular complexity index is 1290. The number of aryl methyl sites for hydroxylation is 1. The fourth-order valence-electron chi connectivity index (χ4n) is 3.23. The molecular formula is C20H18N2O4S3. The molecule has 150 valence electrons. The molecule has 0 aliphatic heterocycles. The molecule has 0 aliphatic carbocycles. The summed E-state index contributed by atoms with van der Waals surface area (Å²) < 4.78 is 43.0. The van der Waals surface area contributed by atoms with Crippen molar-refractivity contribution in [2.24, 2.45) is 0 Å². The Morgan fingerprint density at radius 2 is 2.17 bits per heavy atom. The second-order valence-corrected chi connectivity index (χ2v) is 9.92. The molecule has 0 bridgehead atoms. The molecule has 4 aromatic rings. The van der Waals surface area contributed by atoms with Crippen LogP contribution in [0, 0.1) is 0 Å². The molecule has 0 spiro atoms. The number of rotatable bonds is 7. The number of hydrogen-bond acceptors (Lipinski definition) is 7.